The van der Waals surface area contributed by atoms with Crippen molar-refractivity contribution in [3.8, 4) is 6.07 Å². The Hall–Kier alpha value is -2.39. The van der Waals surface area contributed by atoms with Crippen molar-refractivity contribution in [3.63, 3.8) is 0 Å². The average Bonchev–Trinajstić information content (AvgIpc) is 2.40. The van der Waals surface area contributed by atoms with Crippen LogP contribution in [0.5, 0.6) is 0 Å². The Morgan fingerprint density at radius 3 is 2.44 bits per heavy atom. The van der Waals surface area contributed by atoms with Crippen molar-refractivity contribution in [1.29, 1.82) is 5.26 Å². The number of nitrogens with zero attached hydrogens (tertiary/aromatic N) is 2. The highest BCUT2D eigenvalue weighted by Gasteiger charge is 2.18. The first-order chi connectivity index (χ1) is 8.55. The number of rotatable bonds is 2. The second kappa shape index (κ2) is 4.47. The van der Waals surface area contributed by atoms with E-state index < -0.39 is 9.84 Å². The molecule has 0 radical (unpaired) electrons. The van der Waals surface area contributed by atoms with Crippen LogP contribution in [-0.4, -0.2) is 13.4 Å². The lowest BCUT2D eigenvalue weighted by Crippen LogP contribution is -2.04. The van der Waals surface area contributed by atoms with E-state index in [1.165, 1.54) is 18.2 Å². The Balaban J connectivity index is 2.60. The van der Waals surface area contributed by atoms with Gasteiger partial charge >= 0.3 is 0 Å². The normalized spacial score (nSPS) is 10.8. The van der Waals surface area contributed by atoms with E-state index in [0.29, 0.717) is 0 Å². The number of hydrogen-bond acceptors (Lipinski definition) is 5. The maximum Gasteiger partial charge on any atom is 0.208 e. The van der Waals surface area contributed by atoms with Gasteiger partial charge in [0.05, 0.1) is 15.4 Å². The van der Waals surface area contributed by atoms with Crippen LogP contribution >= 0.6 is 0 Å². The summed E-state index contributed by atoms with van der Waals surface area (Å²) in [5, 5.41) is 8.81. The molecule has 0 aliphatic heterocycles. The van der Waals surface area contributed by atoms with Crippen molar-refractivity contribution in [2.75, 3.05) is 5.73 Å². The number of pyridine rings is 1. The predicted octanol–water partition coefficient (Wildman–Crippen LogP) is 1.37. The van der Waals surface area contributed by atoms with Gasteiger partial charge in [0.2, 0.25) is 9.84 Å². The first-order valence-corrected chi connectivity index (χ1v) is 6.50. The molecule has 0 fully saturated rings. The third-order valence-electron chi connectivity index (χ3n) is 2.38. The molecule has 1 aromatic carbocycles. The molecule has 0 unspecified atom stereocenters. The van der Waals surface area contributed by atoms with Crippen LogP contribution < -0.4 is 5.73 Å². The van der Waals surface area contributed by atoms with Crippen LogP contribution in [0.15, 0.2) is 52.4 Å². The number of aromatic nitrogens is 1. The predicted molar refractivity (Wildman–Crippen MR) is 65.3 cm³/mol. The molecular weight excluding hydrogens is 250 g/mol. The minimum Gasteiger partial charge on any atom is -0.383 e. The van der Waals surface area contributed by atoms with Crippen molar-refractivity contribution in [2.45, 2.75) is 9.79 Å². The van der Waals surface area contributed by atoms with Crippen molar-refractivity contribution >= 4 is 15.7 Å². The summed E-state index contributed by atoms with van der Waals surface area (Å²) in [5.74, 6) is 0.0181. The number of nitrogens with two attached hydrogens (primary N) is 1. The van der Waals surface area contributed by atoms with E-state index in [0.717, 1.165) is 6.20 Å². The van der Waals surface area contributed by atoms with Crippen LogP contribution in [0.1, 0.15) is 5.56 Å². The third-order valence-corrected chi connectivity index (χ3v) is 4.11. The molecule has 0 aliphatic rings. The maximum absolute atomic E-state index is 12.2. The Labute approximate surface area is 104 Å². The van der Waals surface area contributed by atoms with E-state index in [-0.39, 0.29) is 21.2 Å². The van der Waals surface area contributed by atoms with Crippen LogP contribution in [0.25, 0.3) is 0 Å². The van der Waals surface area contributed by atoms with Crippen molar-refractivity contribution in [2.24, 2.45) is 0 Å². The van der Waals surface area contributed by atoms with Gasteiger partial charge in [-0.05, 0) is 18.2 Å². The summed E-state index contributed by atoms with van der Waals surface area (Å²) in [6.45, 7) is 0. The zero-order valence-electron chi connectivity index (χ0n) is 9.24. The summed E-state index contributed by atoms with van der Waals surface area (Å²) in [4.78, 5) is 3.83. The van der Waals surface area contributed by atoms with E-state index >= 15 is 0 Å². The minimum absolute atomic E-state index is 0.0181. The van der Waals surface area contributed by atoms with Crippen LogP contribution in [0.4, 0.5) is 5.82 Å². The molecule has 0 amide bonds. The summed E-state index contributed by atoms with van der Waals surface area (Å²) in [5.41, 5.74) is 5.50. The lowest BCUT2D eigenvalue weighted by atomic mass is 10.3. The molecule has 2 N–H and O–H groups in total. The largest absolute Gasteiger partial charge is 0.383 e. The van der Waals surface area contributed by atoms with E-state index in [2.05, 4.69) is 4.98 Å². The fraction of sp³-hybridized carbons (Fsp3) is 0. The average molecular weight is 259 g/mol. The van der Waals surface area contributed by atoms with E-state index in [9.17, 15) is 8.42 Å². The topological polar surface area (TPSA) is 96.8 Å². The molecule has 2 aromatic rings. The number of nitriles is 1. The van der Waals surface area contributed by atoms with Gasteiger partial charge in [-0.3, -0.25) is 0 Å². The van der Waals surface area contributed by atoms with Crippen LogP contribution in [0.3, 0.4) is 0 Å². The van der Waals surface area contributed by atoms with E-state index in [4.69, 9.17) is 11.0 Å². The molecule has 2 rings (SSSR count). The summed E-state index contributed by atoms with van der Waals surface area (Å²) in [7, 11) is -3.66. The highest BCUT2D eigenvalue weighted by molar-refractivity contribution is 7.91. The lowest BCUT2D eigenvalue weighted by molar-refractivity contribution is 0.595. The Morgan fingerprint density at radius 2 is 1.83 bits per heavy atom. The molecule has 18 heavy (non-hydrogen) atoms. The van der Waals surface area contributed by atoms with Gasteiger partial charge in [-0.15, -0.1) is 0 Å². The first kappa shape index (κ1) is 12.1. The van der Waals surface area contributed by atoms with Gasteiger partial charge in [0.1, 0.15) is 11.9 Å². The second-order valence-corrected chi connectivity index (χ2v) is 5.48. The van der Waals surface area contributed by atoms with Gasteiger partial charge < -0.3 is 5.73 Å². The number of benzene rings is 1. The summed E-state index contributed by atoms with van der Waals surface area (Å²) in [6, 6.07) is 11.0. The highest BCUT2D eigenvalue weighted by Crippen LogP contribution is 2.21. The molecule has 5 nitrogen and oxygen atoms in total. The smallest absolute Gasteiger partial charge is 0.208 e. The monoisotopic (exact) mass is 259 g/mol. The van der Waals surface area contributed by atoms with E-state index in [1.807, 2.05) is 6.07 Å². The van der Waals surface area contributed by atoms with Crippen LogP contribution in [0, 0.1) is 11.3 Å². The number of hydrogen-bond donors (Lipinski definition) is 1. The molecule has 0 aliphatic carbocycles. The summed E-state index contributed by atoms with van der Waals surface area (Å²) < 4.78 is 24.4. The van der Waals surface area contributed by atoms with Gasteiger partial charge in [-0.1, -0.05) is 18.2 Å². The van der Waals surface area contributed by atoms with Gasteiger partial charge in [-0.2, -0.15) is 5.26 Å². The van der Waals surface area contributed by atoms with Crippen LogP contribution in [0.2, 0.25) is 0 Å². The van der Waals surface area contributed by atoms with Gasteiger partial charge in [0, 0.05) is 6.20 Å². The quantitative estimate of drug-likeness (QED) is 0.878. The van der Waals surface area contributed by atoms with Crippen LogP contribution in [-0.2, 0) is 9.84 Å². The maximum atomic E-state index is 12.2. The molecule has 0 saturated heterocycles. The number of anilines is 1. The molecular formula is C12H9N3O2S. The summed E-state index contributed by atoms with van der Waals surface area (Å²) in [6.07, 6.45) is 1.15. The zero-order valence-corrected chi connectivity index (χ0v) is 10.1. The third kappa shape index (κ3) is 2.04. The number of nitrogen functional groups attached to an aromatic ring is 1. The van der Waals surface area contributed by atoms with Gasteiger partial charge in [-0.25, -0.2) is 13.4 Å². The molecule has 1 aromatic heterocycles. The molecule has 0 saturated carbocycles. The Kier molecular flexibility index (Phi) is 3.00. The van der Waals surface area contributed by atoms with E-state index in [1.54, 1.807) is 18.2 Å². The van der Waals surface area contributed by atoms with Crippen molar-refractivity contribution in [1.82, 2.24) is 4.98 Å². The highest BCUT2D eigenvalue weighted by atomic mass is 32.2. The molecule has 6 heteroatoms. The molecule has 0 atom stereocenters. The SMILES string of the molecule is N#Cc1cc(S(=O)(=O)c2ccccc2)cnc1N. The fourth-order valence-electron chi connectivity index (χ4n) is 1.43. The van der Waals surface area contributed by atoms with Crippen molar-refractivity contribution in [3.05, 3.63) is 48.2 Å². The zero-order chi connectivity index (χ0) is 13.2. The molecule has 0 bridgehead atoms. The molecule has 1 heterocycles. The first-order valence-electron chi connectivity index (χ1n) is 5.01. The summed E-state index contributed by atoms with van der Waals surface area (Å²) >= 11 is 0. The molecule has 90 valence electrons. The fourth-order valence-corrected chi connectivity index (χ4v) is 2.68. The van der Waals surface area contributed by atoms with Gasteiger partial charge in [0.25, 0.3) is 0 Å². The Bertz CT molecular complexity index is 719. The van der Waals surface area contributed by atoms with Crippen molar-refractivity contribution < 1.29 is 8.42 Å². The standard InChI is InChI=1S/C12H9N3O2S/c13-7-9-6-11(8-15-12(9)14)18(16,17)10-4-2-1-3-5-10/h1-6,8H,(H2,14,15). The second-order valence-electron chi connectivity index (χ2n) is 3.53. The molecule has 0 spiro atoms. The van der Waals surface area contributed by atoms with Gasteiger partial charge in [0.15, 0.2) is 0 Å². The Morgan fingerprint density at radius 1 is 1.17 bits per heavy atom. The lowest BCUT2D eigenvalue weighted by Gasteiger charge is -2.05. The minimum atomic E-state index is -3.66. The number of sulfone groups is 1.